The van der Waals surface area contributed by atoms with E-state index in [0.717, 1.165) is 0 Å². The Morgan fingerprint density at radius 2 is 1.87 bits per heavy atom. The van der Waals surface area contributed by atoms with E-state index in [1.54, 1.807) is 26.0 Å². The third kappa shape index (κ3) is 3.55. The van der Waals surface area contributed by atoms with Crippen LogP contribution >= 0.6 is 0 Å². The number of carbonyl (C=O) groups is 4. The van der Waals surface area contributed by atoms with Crippen LogP contribution in [0.4, 0.5) is 0 Å². The van der Waals surface area contributed by atoms with Crippen molar-refractivity contribution in [3.05, 3.63) is 47.5 Å². The van der Waals surface area contributed by atoms with Crippen LogP contribution in [0.3, 0.4) is 0 Å². The number of methoxy groups -OCH3 is 1. The number of esters is 4. The number of hydrogen-bond donors (Lipinski definition) is 1. The first-order chi connectivity index (χ1) is 24.4. The zero-order valence-electron chi connectivity index (χ0n) is 31.2. The van der Waals surface area contributed by atoms with Crippen molar-refractivity contribution >= 4 is 23.9 Å². The average molecular weight is 725 g/mol. The van der Waals surface area contributed by atoms with Crippen molar-refractivity contribution in [3.8, 4) is 0 Å². The van der Waals surface area contributed by atoms with Crippen LogP contribution in [-0.2, 0) is 52.3 Å². The molecule has 282 valence electrons. The van der Waals surface area contributed by atoms with Gasteiger partial charge in [-0.25, -0.2) is 9.59 Å². The summed E-state index contributed by atoms with van der Waals surface area (Å²) in [5.41, 5.74) is -9.45. The summed E-state index contributed by atoms with van der Waals surface area (Å²) in [5, 5.41) is 13.8. The van der Waals surface area contributed by atoms with Gasteiger partial charge in [-0.15, -0.1) is 0 Å². The van der Waals surface area contributed by atoms with Gasteiger partial charge >= 0.3 is 23.9 Å². The molecule has 1 aromatic heterocycles. The third-order valence-electron chi connectivity index (χ3n) is 14.8. The Morgan fingerprint density at radius 3 is 2.48 bits per heavy atom. The largest absolute Gasteiger partial charge is 0.472 e. The quantitative estimate of drug-likeness (QED) is 0.222. The molecule has 0 radical (unpaired) electrons. The van der Waals surface area contributed by atoms with Crippen LogP contribution in [0.15, 0.2) is 46.3 Å². The summed E-state index contributed by atoms with van der Waals surface area (Å²) in [4.78, 5) is 54.8. The highest BCUT2D eigenvalue weighted by atomic mass is 17.0. The second-order valence-corrected chi connectivity index (χ2v) is 16.7. The van der Waals surface area contributed by atoms with E-state index in [4.69, 9.17) is 37.6 Å². The molecule has 1 N–H and O–H groups in total. The van der Waals surface area contributed by atoms with Crippen LogP contribution in [0, 0.1) is 28.1 Å². The standard InChI is InChI=1S/C39H48O13/c1-10-20(3)29(43)48-30-33(7)19-35(44)34(8,24(33)16-26(41)45-9)36-14-13-32(6)25(17-27(42)47-28(32)23-12-15-46-18-23)37(36)31(38(30,35)49-22(5)40)50-39(51-36,52-37)21(4)11-2/h10,12,15,17-18,21,24,28,30-31,44H,11,13-14,16,19H2,1-9H3/b20-10+/t21-,24-,28+,30-,31-,32+,33+,34+,35+,36+,37-,38-,39+/m0/s1. The van der Waals surface area contributed by atoms with Gasteiger partial charge in [0.25, 0.3) is 5.97 Å². The van der Waals surface area contributed by atoms with Crippen LogP contribution in [0.2, 0.25) is 0 Å². The predicted octanol–water partition coefficient (Wildman–Crippen LogP) is 4.76. The Bertz CT molecular complexity index is 1830. The normalized spacial score (nSPS) is 48.3. The molecule has 0 amide bonds. The first-order valence-electron chi connectivity index (χ1n) is 18.2. The minimum absolute atomic E-state index is 0.0361. The molecule has 4 aliphatic carbocycles. The number of carbonyl (C=O) groups excluding carboxylic acids is 4. The average Bonchev–Trinajstić information content (AvgIpc) is 3.89. The topological polar surface area (TPSA) is 166 Å². The van der Waals surface area contributed by atoms with E-state index in [1.165, 1.54) is 32.6 Å². The number of furan rings is 1. The number of rotatable bonds is 8. The summed E-state index contributed by atoms with van der Waals surface area (Å²) in [5.74, 6) is -5.54. The first-order valence-corrected chi connectivity index (χ1v) is 18.2. The number of aliphatic hydroxyl groups is 1. The molecule has 6 fully saturated rings. The molecule has 13 nitrogen and oxygen atoms in total. The molecule has 4 bridgehead atoms. The fourth-order valence-corrected chi connectivity index (χ4v) is 12.3. The van der Waals surface area contributed by atoms with E-state index in [0.29, 0.717) is 29.6 Å². The maximum absolute atomic E-state index is 13.9. The van der Waals surface area contributed by atoms with Gasteiger partial charge in [0.2, 0.25) is 5.60 Å². The minimum Gasteiger partial charge on any atom is -0.472 e. The molecule has 0 unspecified atom stereocenters. The molecule has 52 heavy (non-hydrogen) atoms. The molecule has 8 rings (SSSR count). The van der Waals surface area contributed by atoms with Crippen LogP contribution in [-0.4, -0.2) is 76.7 Å². The molecule has 0 aromatic carbocycles. The molecule has 13 atom stereocenters. The fraction of sp³-hybridized carbons (Fsp3) is 0.692. The van der Waals surface area contributed by atoms with Crippen LogP contribution < -0.4 is 0 Å². The molecule has 4 saturated carbocycles. The van der Waals surface area contributed by atoms with E-state index >= 15 is 0 Å². The molecule has 3 aliphatic heterocycles. The zero-order valence-corrected chi connectivity index (χ0v) is 31.2. The minimum atomic E-state index is -2.10. The lowest BCUT2D eigenvalue weighted by Crippen LogP contribution is -2.92. The number of cyclic esters (lactones) is 1. The summed E-state index contributed by atoms with van der Waals surface area (Å²) >= 11 is 0. The van der Waals surface area contributed by atoms with E-state index in [2.05, 4.69) is 0 Å². The SMILES string of the molecule is C/C=C(\C)C(=O)O[C@H]1[C@]2(C)C[C@]3(O)[C@@]1(OC(C)=O)[C@H]1O[C@]4([C@@H](C)CC)O[C@]5(CC[C@]6(C)C(=CC(=O)O[C@@H]6c6ccoc6)[C@]15O4)[C@]3(C)[C@H]2CC(=O)OC. The summed E-state index contributed by atoms with van der Waals surface area (Å²) in [7, 11) is 1.30. The van der Waals surface area contributed by atoms with Crippen LogP contribution in [0.25, 0.3) is 0 Å². The first kappa shape index (κ1) is 35.5. The summed E-state index contributed by atoms with van der Waals surface area (Å²) in [6, 6.07) is 1.75. The zero-order chi connectivity index (χ0) is 37.7. The Morgan fingerprint density at radius 1 is 1.13 bits per heavy atom. The van der Waals surface area contributed by atoms with E-state index in [-0.39, 0.29) is 19.3 Å². The van der Waals surface area contributed by atoms with Crippen molar-refractivity contribution in [2.75, 3.05) is 7.11 Å². The lowest BCUT2D eigenvalue weighted by atomic mass is 9.34. The van der Waals surface area contributed by atoms with Gasteiger partial charge in [0.1, 0.15) is 23.4 Å². The highest BCUT2D eigenvalue weighted by molar-refractivity contribution is 5.88. The van der Waals surface area contributed by atoms with Gasteiger partial charge < -0.3 is 42.7 Å². The Kier molecular flexibility index (Phi) is 7.22. The van der Waals surface area contributed by atoms with Gasteiger partial charge in [0.05, 0.1) is 19.6 Å². The third-order valence-corrected chi connectivity index (χ3v) is 14.8. The highest BCUT2D eigenvalue weighted by Gasteiger charge is 3.03. The molecule has 4 heterocycles. The predicted molar refractivity (Wildman–Crippen MR) is 177 cm³/mol. The van der Waals surface area contributed by atoms with Crippen molar-refractivity contribution < 1.29 is 61.9 Å². The smallest absolute Gasteiger partial charge is 0.333 e. The number of hydrogen-bond acceptors (Lipinski definition) is 13. The number of ether oxygens (including phenoxy) is 7. The van der Waals surface area contributed by atoms with Gasteiger partial charge in [-0.1, -0.05) is 40.7 Å². The Labute approximate surface area is 302 Å². The van der Waals surface area contributed by atoms with Gasteiger partial charge in [0, 0.05) is 52.7 Å². The molecular formula is C39H48O13. The molecule has 1 aromatic rings. The van der Waals surface area contributed by atoms with Crippen molar-refractivity contribution in [1.82, 2.24) is 0 Å². The summed E-state index contributed by atoms with van der Waals surface area (Å²) in [6.07, 6.45) is 3.57. The molecule has 1 spiro atoms. The van der Waals surface area contributed by atoms with Crippen molar-refractivity contribution in [1.29, 1.82) is 0 Å². The summed E-state index contributed by atoms with van der Waals surface area (Å²) in [6.45, 7) is 14.1. The number of fused-ring (bicyclic) bond motifs is 4. The van der Waals surface area contributed by atoms with E-state index < -0.39 is 98.6 Å². The second-order valence-electron chi connectivity index (χ2n) is 16.7. The van der Waals surface area contributed by atoms with E-state index in [1.807, 2.05) is 34.6 Å². The van der Waals surface area contributed by atoms with Crippen molar-refractivity contribution in [2.24, 2.45) is 28.1 Å². The van der Waals surface area contributed by atoms with Gasteiger partial charge in [0.15, 0.2) is 11.7 Å². The maximum Gasteiger partial charge on any atom is 0.333 e. The summed E-state index contributed by atoms with van der Waals surface area (Å²) < 4.78 is 51.5. The van der Waals surface area contributed by atoms with Gasteiger partial charge in [-0.05, 0) is 57.1 Å². The monoisotopic (exact) mass is 724 g/mol. The Balaban J connectivity index is 1.49. The second kappa shape index (κ2) is 10.6. The van der Waals surface area contributed by atoms with E-state index in [9.17, 15) is 24.3 Å². The highest BCUT2D eigenvalue weighted by Crippen LogP contribution is 2.88. The molecule has 13 heteroatoms. The molecule has 2 saturated heterocycles. The van der Waals surface area contributed by atoms with Crippen molar-refractivity contribution in [3.63, 3.8) is 0 Å². The fourth-order valence-electron chi connectivity index (χ4n) is 12.3. The molecule has 7 aliphatic rings. The van der Waals surface area contributed by atoms with Crippen molar-refractivity contribution in [2.45, 2.75) is 134 Å². The maximum atomic E-state index is 13.9. The lowest BCUT2D eigenvalue weighted by molar-refractivity contribution is -0.454. The lowest BCUT2D eigenvalue weighted by Gasteiger charge is -2.75. The van der Waals surface area contributed by atoms with Crippen LogP contribution in [0.5, 0.6) is 0 Å². The Hall–Kier alpha value is -3.52. The van der Waals surface area contributed by atoms with Crippen LogP contribution in [0.1, 0.15) is 99.2 Å². The molecular weight excluding hydrogens is 676 g/mol. The van der Waals surface area contributed by atoms with Gasteiger partial charge in [-0.2, -0.15) is 0 Å². The number of allylic oxidation sites excluding steroid dienone is 1. The van der Waals surface area contributed by atoms with Gasteiger partial charge in [-0.3, -0.25) is 9.59 Å².